The van der Waals surface area contributed by atoms with E-state index in [0.717, 1.165) is 4.68 Å². The lowest BCUT2D eigenvalue weighted by Gasteiger charge is -2.05. The molecule has 0 amide bonds. The Kier molecular flexibility index (Phi) is 1.88. The van der Waals surface area contributed by atoms with E-state index in [0.29, 0.717) is 12.2 Å². The zero-order valence-corrected chi connectivity index (χ0v) is 8.24. The van der Waals surface area contributed by atoms with Crippen molar-refractivity contribution in [2.75, 3.05) is 23.1 Å². The predicted octanol–water partition coefficient (Wildman–Crippen LogP) is -1.52. The molecule has 1 atom stereocenters. The molecule has 1 aromatic rings. The fraction of sp³-hybridized carbons (Fsp3) is 0.667. The molecule has 1 unspecified atom stereocenters. The maximum atomic E-state index is 11.2. The standard InChI is InChI=1S/C6H11N5O2S/c7-6-10-9-5(11(6)8)4-1-2-14(12,13)3-4/h4H,1-3,8H2,(H2,7,10). The minimum atomic E-state index is -2.93. The summed E-state index contributed by atoms with van der Waals surface area (Å²) in [5, 5.41) is 7.34. The molecule has 1 aromatic heterocycles. The van der Waals surface area contributed by atoms with Gasteiger partial charge in [-0.25, -0.2) is 13.1 Å². The lowest BCUT2D eigenvalue weighted by Crippen LogP contribution is -2.18. The molecule has 0 spiro atoms. The maximum absolute atomic E-state index is 11.2. The van der Waals surface area contributed by atoms with Gasteiger partial charge in [-0.2, -0.15) is 0 Å². The first kappa shape index (κ1) is 9.25. The van der Waals surface area contributed by atoms with Gasteiger partial charge in [0.25, 0.3) is 0 Å². The topological polar surface area (TPSA) is 117 Å². The van der Waals surface area contributed by atoms with Crippen LogP contribution in [0.2, 0.25) is 0 Å². The average Bonchev–Trinajstić information content (AvgIpc) is 2.59. The second-order valence-electron chi connectivity index (χ2n) is 3.39. The number of nitrogen functional groups attached to an aromatic ring is 2. The lowest BCUT2D eigenvalue weighted by molar-refractivity contribution is 0.600. The molecule has 7 nitrogen and oxygen atoms in total. The smallest absolute Gasteiger partial charge is 0.240 e. The number of sulfone groups is 1. The molecule has 4 N–H and O–H groups in total. The number of nitrogens with two attached hydrogens (primary N) is 2. The van der Waals surface area contributed by atoms with E-state index in [-0.39, 0.29) is 23.4 Å². The fourth-order valence-electron chi connectivity index (χ4n) is 1.59. The summed E-state index contributed by atoms with van der Waals surface area (Å²) in [5.74, 6) is 6.19. The molecule has 1 saturated heterocycles. The van der Waals surface area contributed by atoms with Gasteiger partial charge in [-0.3, -0.25) is 0 Å². The van der Waals surface area contributed by atoms with Gasteiger partial charge in [-0.05, 0) is 6.42 Å². The van der Waals surface area contributed by atoms with Crippen LogP contribution in [0.4, 0.5) is 5.95 Å². The van der Waals surface area contributed by atoms with Crippen molar-refractivity contribution >= 4 is 15.8 Å². The summed E-state index contributed by atoms with van der Waals surface area (Å²) >= 11 is 0. The highest BCUT2D eigenvalue weighted by atomic mass is 32.2. The molecule has 1 aliphatic rings. The van der Waals surface area contributed by atoms with E-state index in [1.54, 1.807) is 0 Å². The molecule has 0 bridgehead atoms. The van der Waals surface area contributed by atoms with Crippen LogP contribution in [-0.2, 0) is 9.84 Å². The van der Waals surface area contributed by atoms with Crippen LogP contribution in [0.5, 0.6) is 0 Å². The Morgan fingerprint density at radius 2 is 2.14 bits per heavy atom. The first-order valence-corrected chi connectivity index (χ1v) is 5.98. The third kappa shape index (κ3) is 1.41. The molecule has 14 heavy (non-hydrogen) atoms. The van der Waals surface area contributed by atoms with Gasteiger partial charge in [0, 0.05) is 5.92 Å². The van der Waals surface area contributed by atoms with Crippen molar-refractivity contribution < 1.29 is 8.42 Å². The number of hydrogen-bond donors (Lipinski definition) is 2. The Morgan fingerprint density at radius 3 is 2.57 bits per heavy atom. The van der Waals surface area contributed by atoms with Gasteiger partial charge in [0.15, 0.2) is 15.7 Å². The van der Waals surface area contributed by atoms with Crippen molar-refractivity contribution in [3.8, 4) is 0 Å². The number of anilines is 1. The number of rotatable bonds is 1. The molecule has 78 valence electrons. The molecule has 0 saturated carbocycles. The molecular weight excluding hydrogens is 206 g/mol. The monoisotopic (exact) mass is 217 g/mol. The summed E-state index contributed by atoms with van der Waals surface area (Å²) in [7, 11) is -2.93. The number of aromatic nitrogens is 3. The maximum Gasteiger partial charge on any atom is 0.240 e. The van der Waals surface area contributed by atoms with Crippen LogP contribution in [0.3, 0.4) is 0 Å². The first-order valence-electron chi connectivity index (χ1n) is 4.16. The van der Waals surface area contributed by atoms with E-state index >= 15 is 0 Å². The minimum absolute atomic E-state index is 0.0856. The van der Waals surface area contributed by atoms with Crippen molar-refractivity contribution in [3.05, 3.63) is 5.82 Å². The summed E-state index contributed by atoms with van der Waals surface area (Å²) in [6.45, 7) is 0. The first-order chi connectivity index (χ1) is 6.49. The summed E-state index contributed by atoms with van der Waals surface area (Å²) in [5.41, 5.74) is 5.39. The average molecular weight is 217 g/mol. The van der Waals surface area contributed by atoms with Gasteiger partial charge in [0.1, 0.15) is 0 Å². The third-order valence-electron chi connectivity index (χ3n) is 2.35. The SMILES string of the molecule is Nc1nnc(C2CCS(=O)(=O)C2)n1N. The summed E-state index contributed by atoms with van der Waals surface area (Å²) in [4.78, 5) is 0. The third-order valence-corrected chi connectivity index (χ3v) is 4.11. The Labute approximate surface area is 81.0 Å². The minimum Gasteiger partial charge on any atom is -0.366 e. The number of hydrogen-bond acceptors (Lipinski definition) is 6. The fourth-order valence-corrected chi connectivity index (χ4v) is 3.33. The normalized spacial score (nSPS) is 25.3. The van der Waals surface area contributed by atoms with Crippen molar-refractivity contribution in [1.29, 1.82) is 0 Å². The summed E-state index contributed by atoms with van der Waals surface area (Å²) in [6, 6.07) is 0. The zero-order chi connectivity index (χ0) is 10.3. The van der Waals surface area contributed by atoms with E-state index in [9.17, 15) is 8.42 Å². The van der Waals surface area contributed by atoms with Crippen LogP contribution in [0, 0.1) is 0 Å². The summed E-state index contributed by atoms with van der Waals surface area (Å²) < 4.78 is 23.6. The molecular formula is C6H11N5O2S. The van der Waals surface area contributed by atoms with Crippen LogP contribution in [0.25, 0.3) is 0 Å². The van der Waals surface area contributed by atoms with Crippen LogP contribution in [0.1, 0.15) is 18.2 Å². The highest BCUT2D eigenvalue weighted by molar-refractivity contribution is 7.91. The molecule has 0 radical (unpaired) electrons. The Bertz CT molecular complexity index is 451. The zero-order valence-electron chi connectivity index (χ0n) is 7.42. The van der Waals surface area contributed by atoms with Crippen molar-refractivity contribution in [2.24, 2.45) is 0 Å². The molecule has 8 heteroatoms. The van der Waals surface area contributed by atoms with E-state index in [2.05, 4.69) is 10.2 Å². The van der Waals surface area contributed by atoms with Crippen molar-refractivity contribution in [2.45, 2.75) is 12.3 Å². The Morgan fingerprint density at radius 1 is 1.43 bits per heavy atom. The number of nitrogens with zero attached hydrogens (tertiary/aromatic N) is 3. The summed E-state index contributed by atoms with van der Waals surface area (Å²) in [6.07, 6.45) is 0.539. The van der Waals surface area contributed by atoms with Crippen molar-refractivity contribution in [3.63, 3.8) is 0 Å². The molecule has 1 aliphatic heterocycles. The van der Waals surface area contributed by atoms with E-state index in [1.807, 2.05) is 0 Å². The van der Waals surface area contributed by atoms with E-state index in [4.69, 9.17) is 11.6 Å². The molecule has 2 rings (SSSR count). The van der Waals surface area contributed by atoms with E-state index in [1.165, 1.54) is 0 Å². The molecule has 0 aliphatic carbocycles. The lowest BCUT2D eigenvalue weighted by atomic mass is 10.1. The van der Waals surface area contributed by atoms with E-state index < -0.39 is 9.84 Å². The molecule has 0 aromatic carbocycles. The molecule has 1 fully saturated rings. The highest BCUT2D eigenvalue weighted by Crippen LogP contribution is 2.27. The van der Waals surface area contributed by atoms with Gasteiger partial charge in [-0.1, -0.05) is 0 Å². The second kappa shape index (κ2) is 2.84. The van der Waals surface area contributed by atoms with Crippen molar-refractivity contribution in [1.82, 2.24) is 14.9 Å². The largest absolute Gasteiger partial charge is 0.366 e. The van der Waals surface area contributed by atoms with Gasteiger partial charge >= 0.3 is 0 Å². The van der Waals surface area contributed by atoms with Crippen LogP contribution in [0.15, 0.2) is 0 Å². The Balaban J connectivity index is 2.30. The Hall–Kier alpha value is -1.31. The quantitative estimate of drug-likeness (QED) is 0.551. The van der Waals surface area contributed by atoms with Crippen LogP contribution < -0.4 is 11.6 Å². The highest BCUT2D eigenvalue weighted by Gasteiger charge is 2.32. The second-order valence-corrected chi connectivity index (χ2v) is 5.62. The van der Waals surface area contributed by atoms with Gasteiger partial charge in [0.05, 0.1) is 11.5 Å². The predicted molar refractivity (Wildman–Crippen MR) is 50.6 cm³/mol. The van der Waals surface area contributed by atoms with Gasteiger partial charge < -0.3 is 11.6 Å². The molecule has 2 heterocycles. The van der Waals surface area contributed by atoms with Crippen LogP contribution in [-0.4, -0.2) is 34.8 Å². The van der Waals surface area contributed by atoms with Gasteiger partial charge in [0.2, 0.25) is 5.95 Å². The van der Waals surface area contributed by atoms with Crippen LogP contribution >= 0.6 is 0 Å². The van der Waals surface area contributed by atoms with Gasteiger partial charge in [-0.15, -0.1) is 10.2 Å².